The fourth-order valence-electron chi connectivity index (χ4n) is 1.32. The fourth-order valence-corrected chi connectivity index (χ4v) is 1.32. The highest BCUT2D eigenvalue weighted by atomic mass is 16.1. The molecule has 0 atom stereocenters. The highest BCUT2D eigenvalue weighted by Crippen LogP contribution is 2.20. The van der Waals surface area contributed by atoms with Gasteiger partial charge in [0, 0.05) is 5.70 Å². The van der Waals surface area contributed by atoms with E-state index in [0.717, 1.165) is 12.1 Å². The zero-order valence-electron chi connectivity index (χ0n) is 6.13. The van der Waals surface area contributed by atoms with Gasteiger partial charge in [0.05, 0.1) is 6.42 Å². The lowest BCUT2D eigenvalue weighted by Crippen LogP contribution is -2.17. The van der Waals surface area contributed by atoms with Gasteiger partial charge in [0.2, 0.25) is 0 Å². The first kappa shape index (κ1) is 6.40. The molecule has 1 aliphatic carbocycles. The van der Waals surface area contributed by atoms with Gasteiger partial charge in [-0.05, 0) is 24.3 Å². The predicted molar refractivity (Wildman–Crippen MR) is 42.7 cm³/mol. The van der Waals surface area contributed by atoms with Crippen LogP contribution in [-0.2, 0) is 4.79 Å². The van der Waals surface area contributed by atoms with Crippen LogP contribution in [0.15, 0.2) is 35.7 Å². The highest BCUT2D eigenvalue weighted by Gasteiger charge is 2.13. The van der Waals surface area contributed by atoms with Gasteiger partial charge in [0.25, 0.3) is 0 Å². The van der Waals surface area contributed by atoms with E-state index in [-0.39, 0.29) is 5.78 Å². The van der Waals surface area contributed by atoms with Crippen LogP contribution < -0.4 is 5.32 Å². The molecule has 2 rings (SSSR count). The summed E-state index contributed by atoms with van der Waals surface area (Å²) in [6.07, 6.45) is 8.99. The number of rotatable bonds is 0. The maximum atomic E-state index is 10.9. The number of carbonyl (C=O) groups excluding carboxylic acids is 1. The second-order valence-corrected chi connectivity index (χ2v) is 2.73. The summed E-state index contributed by atoms with van der Waals surface area (Å²) < 4.78 is 0. The number of carbonyl (C=O) groups is 1. The number of hydrogen-bond donors (Lipinski definition) is 1. The molecule has 0 spiro atoms. The van der Waals surface area contributed by atoms with Crippen molar-refractivity contribution in [1.82, 2.24) is 5.32 Å². The Labute approximate surface area is 65.3 Å². The SMILES string of the molecule is O=C1C=CC2=C(C1)NC=CC2. The Morgan fingerprint density at radius 3 is 3.18 bits per heavy atom. The van der Waals surface area contributed by atoms with Gasteiger partial charge in [0.15, 0.2) is 5.78 Å². The molecule has 11 heavy (non-hydrogen) atoms. The highest BCUT2D eigenvalue weighted by molar-refractivity contribution is 5.93. The van der Waals surface area contributed by atoms with Crippen LogP contribution >= 0.6 is 0 Å². The van der Waals surface area contributed by atoms with Crippen molar-refractivity contribution in [3.63, 3.8) is 0 Å². The van der Waals surface area contributed by atoms with Crippen molar-refractivity contribution in [2.45, 2.75) is 12.8 Å². The first-order valence-corrected chi connectivity index (χ1v) is 3.71. The van der Waals surface area contributed by atoms with E-state index in [0.29, 0.717) is 6.42 Å². The topological polar surface area (TPSA) is 29.1 Å². The number of dihydropyridines is 1. The molecule has 0 aromatic rings. The Hall–Kier alpha value is -1.31. The maximum absolute atomic E-state index is 10.9. The molecule has 0 saturated carbocycles. The Morgan fingerprint density at radius 1 is 1.36 bits per heavy atom. The van der Waals surface area contributed by atoms with Crippen molar-refractivity contribution in [2.75, 3.05) is 0 Å². The summed E-state index contributed by atoms with van der Waals surface area (Å²) >= 11 is 0. The van der Waals surface area contributed by atoms with Gasteiger partial charge in [-0.1, -0.05) is 12.2 Å². The molecule has 0 saturated heterocycles. The lowest BCUT2D eigenvalue weighted by molar-refractivity contribution is -0.114. The van der Waals surface area contributed by atoms with Gasteiger partial charge in [0.1, 0.15) is 0 Å². The lowest BCUT2D eigenvalue weighted by Gasteiger charge is -2.17. The standard InChI is InChI=1S/C9H9NO/c11-8-4-3-7-2-1-5-10-9(7)6-8/h1,3-5,10H,2,6H2. The third-order valence-corrected chi connectivity index (χ3v) is 1.92. The molecule has 56 valence electrons. The van der Waals surface area contributed by atoms with Crippen LogP contribution in [0.5, 0.6) is 0 Å². The summed E-state index contributed by atoms with van der Waals surface area (Å²) in [5.41, 5.74) is 2.31. The van der Waals surface area contributed by atoms with Crippen molar-refractivity contribution in [3.8, 4) is 0 Å². The molecule has 0 aromatic carbocycles. The van der Waals surface area contributed by atoms with Crippen LogP contribution in [0, 0.1) is 0 Å². The molecule has 0 fully saturated rings. The van der Waals surface area contributed by atoms with Crippen LogP contribution in [0.2, 0.25) is 0 Å². The van der Waals surface area contributed by atoms with Gasteiger partial charge in [-0.3, -0.25) is 4.79 Å². The minimum atomic E-state index is 0.187. The fraction of sp³-hybridized carbons (Fsp3) is 0.222. The number of ketones is 1. The number of nitrogens with one attached hydrogen (secondary N) is 1. The Balaban J connectivity index is 2.28. The molecule has 0 radical (unpaired) electrons. The van der Waals surface area contributed by atoms with Gasteiger partial charge in [-0.2, -0.15) is 0 Å². The van der Waals surface area contributed by atoms with E-state index in [1.807, 2.05) is 12.3 Å². The van der Waals surface area contributed by atoms with E-state index in [1.165, 1.54) is 5.57 Å². The van der Waals surface area contributed by atoms with Crippen LogP contribution in [0.1, 0.15) is 12.8 Å². The summed E-state index contributed by atoms with van der Waals surface area (Å²) in [5.74, 6) is 0.187. The Bertz CT molecular complexity index is 284. The summed E-state index contributed by atoms with van der Waals surface area (Å²) in [6, 6.07) is 0. The monoisotopic (exact) mass is 147 g/mol. The third-order valence-electron chi connectivity index (χ3n) is 1.92. The zero-order valence-corrected chi connectivity index (χ0v) is 6.13. The summed E-state index contributed by atoms with van der Waals surface area (Å²) in [7, 11) is 0. The predicted octanol–water partition coefficient (Wildman–Crippen LogP) is 1.28. The van der Waals surface area contributed by atoms with E-state index in [4.69, 9.17) is 0 Å². The van der Waals surface area contributed by atoms with E-state index < -0.39 is 0 Å². The average Bonchev–Trinajstić information content (AvgIpc) is 2.04. The quantitative estimate of drug-likeness (QED) is 0.559. The molecule has 2 heteroatoms. The molecule has 0 bridgehead atoms. The molecule has 0 amide bonds. The van der Waals surface area contributed by atoms with Crippen LogP contribution in [-0.4, -0.2) is 5.78 Å². The molecule has 2 nitrogen and oxygen atoms in total. The van der Waals surface area contributed by atoms with Crippen molar-refractivity contribution >= 4 is 5.78 Å². The average molecular weight is 147 g/mol. The zero-order chi connectivity index (χ0) is 7.68. The molecular formula is C9H9NO. The molecule has 1 N–H and O–H groups in total. The summed E-state index contributed by atoms with van der Waals surface area (Å²) in [4.78, 5) is 10.9. The van der Waals surface area contributed by atoms with E-state index in [2.05, 4.69) is 11.4 Å². The van der Waals surface area contributed by atoms with Gasteiger partial charge in [-0.25, -0.2) is 0 Å². The minimum absolute atomic E-state index is 0.187. The maximum Gasteiger partial charge on any atom is 0.161 e. The van der Waals surface area contributed by atoms with Gasteiger partial charge in [-0.15, -0.1) is 0 Å². The van der Waals surface area contributed by atoms with Crippen molar-refractivity contribution in [1.29, 1.82) is 0 Å². The number of allylic oxidation sites excluding steroid dienone is 5. The molecule has 0 unspecified atom stereocenters. The third kappa shape index (κ3) is 1.11. The van der Waals surface area contributed by atoms with E-state index in [9.17, 15) is 4.79 Å². The molecule has 0 aromatic heterocycles. The van der Waals surface area contributed by atoms with Crippen molar-refractivity contribution < 1.29 is 4.79 Å². The van der Waals surface area contributed by atoms with Crippen molar-refractivity contribution in [2.24, 2.45) is 0 Å². The molecule has 2 aliphatic rings. The first-order chi connectivity index (χ1) is 5.36. The van der Waals surface area contributed by atoms with Crippen LogP contribution in [0.4, 0.5) is 0 Å². The summed E-state index contributed by atoms with van der Waals surface area (Å²) in [5, 5.41) is 3.08. The van der Waals surface area contributed by atoms with Gasteiger partial charge < -0.3 is 5.32 Å². The Kier molecular flexibility index (Phi) is 1.39. The second kappa shape index (κ2) is 2.38. The molecular weight excluding hydrogens is 138 g/mol. The van der Waals surface area contributed by atoms with Crippen LogP contribution in [0.3, 0.4) is 0 Å². The lowest BCUT2D eigenvalue weighted by atomic mass is 9.98. The normalized spacial score (nSPS) is 21.6. The smallest absolute Gasteiger partial charge is 0.161 e. The molecule has 1 heterocycles. The summed E-state index contributed by atoms with van der Waals surface area (Å²) in [6.45, 7) is 0. The van der Waals surface area contributed by atoms with Crippen LogP contribution in [0.25, 0.3) is 0 Å². The van der Waals surface area contributed by atoms with E-state index >= 15 is 0 Å². The largest absolute Gasteiger partial charge is 0.365 e. The van der Waals surface area contributed by atoms with E-state index in [1.54, 1.807) is 6.08 Å². The second-order valence-electron chi connectivity index (χ2n) is 2.73. The number of hydrogen-bond acceptors (Lipinski definition) is 2. The minimum Gasteiger partial charge on any atom is -0.365 e. The molecule has 1 aliphatic heterocycles. The Morgan fingerprint density at radius 2 is 2.27 bits per heavy atom. The van der Waals surface area contributed by atoms with Crippen molar-refractivity contribution in [3.05, 3.63) is 35.7 Å². The first-order valence-electron chi connectivity index (χ1n) is 3.71. The van der Waals surface area contributed by atoms with Gasteiger partial charge >= 0.3 is 0 Å².